The maximum Gasteiger partial charge on any atom is 0.224 e. The van der Waals surface area contributed by atoms with Crippen molar-refractivity contribution in [2.75, 3.05) is 19.5 Å². The standard InChI is InChI=1S/C21H22N2O3S/c1-14-22-18(13-27-14)16-6-8-17(9-7-16)23-21(24)11-5-15-4-10-19(25-2)20(12-15)26-3/h4,6-10,12-13H,5,11H2,1-3H3,(H,23,24). The van der Waals surface area contributed by atoms with E-state index in [1.165, 1.54) is 0 Å². The van der Waals surface area contributed by atoms with Crippen LogP contribution in [0.1, 0.15) is 17.0 Å². The second-order valence-corrected chi connectivity index (χ2v) is 7.13. The predicted molar refractivity (Wildman–Crippen MR) is 109 cm³/mol. The van der Waals surface area contributed by atoms with Crippen LogP contribution >= 0.6 is 11.3 Å². The smallest absolute Gasteiger partial charge is 0.224 e. The van der Waals surface area contributed by atoms with Gasteiger partial charge in [0.2, 0.25) is 5.91 Å². The van der Waals surface area contributed by atoms with Crippen molar-refractivity contribution in [3.05, 3.63) is 58.4 Å². The number of ether oxygens (including phenoxy) is 2. The van der Waals surface area contributed by atoms with Gasteiger partial charge in [0.25, 0.3) is 0 Å². The fourth-order valence-electron chi connectivity index (χ4n) is 2.74. The maximum atomic E-state index is 12.2. The van der Waals surface area contributed by atoms with Crippen LogP contribution in [-0.4, -0.2) is 25.1 Å². The van der Waals surface area contributed by atoms with Crippen LogP contribution in [0.25, 0.3) is 11.3 Å². The Morgan fingerprint density at radius 2 is 1.81 bits per heavy atom. The molecule has 0 saturated carbocycles. The number of nitrogens with zero attached hydrogens (tertiary/aromatic N) is 1. The summed E-state index contributed by atoms with van der Waals surface area (Å²) in [6, 6.07) is 13.4. The zero-order valence-corrected chi connectivity index (χ0v) is 16.4. The summed E-state index contributed by atoms with van der Waals surface area (Å²) in [5.41, 5.74) is 3.81. The molecule has 0 radical (unpaired) electrons. The summed E-state index contributed by atoms with van der Waals surface area (Å²) >= 11 is 1.63. The molecule has 1 aromatic heterocycles. The Kier molecular flexibility index (Phi) is 6.08. The molecule has 3 aromatic rings. The first kappa shape index (κ1) is 18.9. The molecule has 0 unspecified atom stereocenters. The van der Waals surface area contributed by atoms with Gasteiger partial charge in [0.05, 0.1) is 24.9 Å². The number of aromatic nitrogens is 1. The molecule has 0 fully saturated rings. The average molecular weight is 382 g/mol. The number of hydrogen-bond acceptors (Lipinski definition) is 5. The SMILES string of the molecule is COc1ccc(CCC(=O)Nc2ccc(-c3csc(C)n3)cc2)cc1OC. The van der Waals surface area contributed by atoms with Crippen LogP contribution in [0.4, 0.5) is 5.69 Å². The third kappa shape index (κ3) is 4.86. The number of amides is 1. The van der Waals surface area contributed by atoms with Crippen molar-refractivity contribution >= 4 is 22.9 Å². The molecular weight excluding hydrogens is 360 g/mol. The summed E-state index contributed by atoms with van der Waals surface area (Å²) in [6.45, 7) is 1.99. The van der Waals surface area contributed by atoms with Crippen LogP contribution in [-0.2, 0) is 11.2 Å². The Hall–Kier alpha value is -2.86. The minimum Gasteiger partial charge on any atom is -0.493 e. The summed E-state index contributed by atoms with van der Waals surface area (Å²) in [5, 5.41) is 6.01. The van der Waals surface area contributed by atoms with Crippen molar-refractivity contribution in [3.63, 3.8) is 0 Å². The predicted octanol–water partition coefficient (Wildman–Crippen LogP) is 4.71. The molecule has 140 valence electrons. The van der Waals surface area contributed by atoms with Crippen molar-refractivity contribution in [3.8, 4) is 22.8 Å². The molecular formula is C21H22N2O3S. The largest absolute Gasteiger partial charge is 0.493 e. The molecule has 2 aromatic carbocycles. The monoisotopic (exact) mass is 382 g/mol. The number of aryl methyl sites for hydroxylation is 2. The second kappa shape index (κ2) is 8.68. The number of nitrogens with one attached hydrogen (secondary N) is 1. The summed E-state index contributed by atoms with van der Waals surface area (Å²) in [4.78, 5) is 16.7. The van der Waals surface area contributed by atoms with Crippen molar-refractivity contribution in [2.24, 2.45) is 0 Å². The molecule has 1 heterocycles. The first-order valence-electron chi connectivity index (χ1n) is 8.62. The van der Waals surface area contributed by atoms with Gasteiger partial charge in [0.15, 0.2) is 11.5 Å². The molecule has 0 aliphatic carbocycles. The first-order chi connectivity index (χ1) is 13.1. The molecule has 0 aliphatic rings. The zero-order chi connectivity index (χ0) is 19.2. The lowest BCUT2D eigenvalue weighted by atomic mass is 10.1. The van der Waals surface area contributed by atoms with Crippen LogP contribution in [0.5, 0.6) is 11.5 Å². The Bertz CT molecular complexity index is 919. The van der Waals surface area contributed by atoms with E-state index in [4.69, 9.17) is 9.47 Å². The number of methoxy groups -OCH3 is 2. The Balaban J connectivity index is 1.56. The third-order valence-corrected chi connectivity index (χ3v) is 4.95. The van der Waals surface area contributed by atoms with Gasteiger partial charge >= 0.3 is 0 Å². The molecule has 0 bridgehead atoms. The van der Waals surface area contributed by atoms with E-state index < -0.39 is 0 Å². The molecule has 6 heteroatoms. The van der Waals surface area contributed by atoms with Gasteiger partial charge < -0.3 is 14.8 Å². The number of rotatable bonds is 7. The van der Waals surface area contributed by atoms with Gasteiger partial charge in [-0.2, -0.15) is 0 Å². The highest BCUT2D eigenvalue weighted by Crippen LogP contribution is 2.28. The molecule has 1 N–H and O–H groups in total. The van der Waals surface area contributed by atoms with Gasteiger partial charge in [-0.05, 0) is 43.2 Å². The Morgan fingerprint density at radius 3 is 2.44 bits per heavy atom. The lowest BCUT2D eigenvalue weighted by Gasteiger charge is -2.10. The topological polar surface area (TPSA) is 60.5 Å². The van der Waals surface area contributed by atoms with Gasteiger partial charge in [0.1, 0.15) is 0 Å². The Labute approximate surface area is 163 Å². The molecule has 27 heavy (non-hydrogen) atoms. The zero-order valence-electron chi connectivity index (χ0n) is 15.6. The molecule has 0 aliphatic heterocycles. The average Bonchev–Trinajstić information content (AvgIpc) is 3.13. The highest BCUT2D eigenvalue weighted by Gasteiger charge is 2.08. The summed E-state index contributed by atoms with van der Waals surface area (Å²) in [5.74, 6) is 1.33. The van der Waals surface area contributed by atoms with Gasteiger partial charge in [-0.1, -0.05) is 18.2 Å². The Morgan fingerprint density at radius 1 is 1.07 bits per heavy atom. The summed E-state index contributed by atoms with van der Waals surface area (Å²) < 4.78 is 10.5. The minimum atomic E-state index is -0.0259. The van der Waals surface area contributed by atoms with Gasteiger partial charge in [0, 0.05) is 23.1 Å². The number of hydrogen-bond donors (Lipinski definition) is 1. The number of benzene rings is 2. The van der Waals surface area contributed by atoms with Gasteiger partial charge in [-0.3, -0.25) is 4.79 Å². The highest BCUT2D eigenvalue weighted by atomic mass is 32.1. The number of carbonyl (C=O) groups is 1. The molecule has 1 amide bonds. The molecule has 0 spiro atoms. The van der Waals surface area contributed by atoms with E-state index in [9.17, 15) is 4.79 Å². The highest BCUT2D eigenvalue weighted by molar-refractivity contribution is 7.09. The van der Waals surface area contributed by atoms with Crippen LogP contribution in [0.2, 0.25) is 0 Å². The van der Waals surface area contributed by atoms with Crippen LogP contribution < -0.4 is 14.8 Å². The van der Waals surface area contributed by atoms with E-state index >= 15 is 0 Å². The van der Waals surface area contributed by atoms with Crippen molar-refractivity contribution in [2.45, 2.75) is 19.8 Å². The quantitative estimate of drug-likeness (QED) is 0.643. The summed E-state index contributed by atoms with van der Waals surface area (Å²) in [7, 11) is 3.21. The van der Waals surface area contributed by atoms with E-state index in [0.717, 1.165) is 27.5 Å². The lowest BCUT2D eigenvalue weighted by molar-refractivity contribution is -0.116. The third-order valence-electron chi connectivity index (χ3n) is 4.17. The van der Waals surface area contributed by atoms with E-state index in [1.54, 1.807) is 25.6 Å². The fraction of sp³-hybridized carbons (Fsp3) is 0.238. The van der Waals surface area contributed by atoms with Crippen LogP contribution in [0.3, 0.4) is 0 Å². The minimum absolute atomic E-state index is 0.0259. The molecule has 5 nitrogen and oxygen atoms in total. The van der Waals surface area contributed by atoms with Crippen LogP contribution in [0.15, 0.2) is 47.8 Å². The van der Waals surface area contributed by atoms with Crippen molar-refractivity contribution in [1.29, 1.82) is 0 Å². The lowest BCUT2D eigenvalue weighted by Crippen LogP contribution is -2.12. The normalized spacial score (nSPS) is 10.5. The van der Waals surface area contributed by atoms with Gasteiger partial charge in [-0.25, -0.2) is 4.98 Å². The first-order valence-corrected chi connectivity index (χ1v) is 9.50. The fourth-order valence-corrected chi connectivity index (χ4v) is 3.36. The molecule has 0 saturated heterocycles. The summed E-state index contributed by atoms with van der Waals surface area (Å²) in [6.07, 6.45) is 1.02. The maximum absolute atomic E-state index is 12.2. The number of thiazole rings is 1. The van der Waals surface area contributed by atoms with Crippen molar-refractivity contribution in [1.82, 2.24) is 4.98 Å². The second-order valence-electron chi connectivity index (χ2n) is 6.07. The molecule has 0 atom stereocenters. The van der Waals surface area contributed by atoms with Crippen molar-refractivity contribution < 1.29 is 14.3 Å². The van der Waals surface area contributed by atoms with Gasteiger partial charge in [-0.15, -0.1) is 11.3 Å². The van der Waals surface area contributed by atoms with Crippen LogP contribution in [0, 0.1) is 6.92 Å². The number of carbonyl (C=O) groups excluding carboxylic acids is 1. The van der Waals surface area contributed by atoms with E-state index in [2.05, 4.69) is 10.3 Å². The number of anilines is 1. The molecule has 3 rings (SSSR count). The van der Waals surface area contributed by atoms with E-state index in [0.29, 0.717) is 24.3 Å². The van der Waals surface area contributed by atoms with E-state index in [1.807, 2.05) is 54.8 Å². The van der Waals surface area contributed by atoms with E-state index in [-0.39, 0.29) is 5.91 Å².